The number of aryl methyl sites for hydroxylation is 2. The Labute approximate surface area is 193 Å². The third-order valence-corrected chi connectivity index (χ3v) is 5.67. The van der Waals surface area contributed by atoms with Crippen molar-refractivity contribution >= 4 is 34.3 Å². The number of pyridine rings is 1. The SMILES string of the molecule is COC(=O)c1c(NC(=O)[C@@H]2CCCO2)c2cc(NC(C)C)cnc2n1CCc1ccccc1. The van der Waals surface area contributed by atoms with Crippen LogP contribution in [0.4, 0.5) is 11.4 Å². The third kappa shape index (κ3) is 5.01. The number of rotatable bonds is 8. The highest BCUT2D eigenvalue weighted by Gasteiger charge is 2.30. The van der Waals surface area contributed by atoms with Crippen LogP contribution in [0.5, 0.6) is 0 Å². The summed E-state index contributed by atoms with van der Waals surface area (Å²) < 4.78 is 12.5. The number of amides is 1. The molecule has 174 valence electrons. The first kappa shape index (κ1) is 22.8. The van der Waals surface area contributed by atoms with E-state index in [0.717, 1.165) is 17.7 Å². The molecule has 1 aromatic carbocycles. The van der Waals surface area contributed by atoms with Crippen molar-refractivity contribution in [1.82, 2.24) is 9.55 Å². The maximum absolute atomic E-state index is 12.9. The van der Waals surface area contributed by atoms with Crippen LogP contribution in [0.3, 0.4) is 0 Å². The fourth-order valence-electron chi connectivity index (χ4n) is 4.16. The molecule has 0 spiro atoms. The second-order valence-electron chi connectivity index (χ2n) is 8.49. The van der Waals surface area contributed by atoms with E-state index in [0.29, 0.717) is 42.7 Å². The molecular weight excluding hydrogens is 420 g/mol. The highest BCUT2D eigenvalue weighted by atomic mass is 16.5. The molecule has 1 atom stereocenters. The van der Waals surface area contributed by atoms with Gasteiger partial charge in [-0.05, 0) is 44.7 Å². The van der Waals surface area contributed by atoms with Gasteiger partial charge in [-0.3, -0.25) is 4.79 Å². The van der Waals surface area contributed by atoms with Gasteiger partial charge in [-0.2, -0.15) is 0 Å². The fourth-order valence-corrected chi connectivity index (χ4v) is 4.16. The molecule has 1 amide bonds. The molecule has 0 bridgehead atoms. The van der Waals surface area contributed by atoms with Gasteiger partial charge in [0.1, 0.15) is 11.8 Å². The highest BCUT2D eigenvalue weighted by Crippen LogP contribution is 2.33. The summed E-state index contributed by atoms with van der Waals surface area (Å²) in [6.07, 6.45) is 3.41. The Bertz CT molecular complexity index is 1130. The maximum Gasteiger partial charge on any atom is 0.356 e. The summed E-state index contributed by atoms with van der Waals surface area (Å²) in [6, 6.07) is 12.1. The summed E-state index contributed by atoms with van der Waals surface area (Å²) in [7, 11) is 1.34. The third-order valence-electron chi connectivity index (χ3n) is 5.67. The van der Waals surface area contributed by atoms with E-state index in [9.17, 15) is 9.59 Å². The Morgan fingerprint density at radius 2 is 2.06 bits per heavy atom. The summed E-state index contributed by atoms with van der Waals surface area (Å²) >= 11 is 0. The quantitative estimate of drug-likeness (QED) is 0.504. The number of esters is 1. The first-order valence-electron chi connectivity index (χ1n) is 11.3. The van der Waals surface area contributed by atoms with Crippen LogP contribution < -0.4 is 10.6 Å². The van der Waals surface area contributed by atoms with E-state index in [4.69, 9.17) is 9.47 Å². The van der Waals surface area contributed by atoms with Crippen LogP contribution in [0, 0.1) is 0 Å². The lowest BCUT2D eigenvalue weighted by Crippen LogP contribution is -2.28. The number of aromatic nitrogens is 2. The van der Waals surface area contributed by atoms with E-state index in [1.54, 1.807) is 6.20 Å². The normalized spacial score (nSPS) is 15.7. The monoisotopic (exact) mass is 450 g/mol. The summed E-state index contributed by atoms with van der Waals surface area (Å²) in [4.78, 5) is 30.5. The predicted molar refractivity (Wildman–Crippen MR) is 128 cm³/mol. The molecule has 1 aliphatic heterocycles. The lowest BCUT2D eigenvalue weighted by atomic mass is 10.1. The molecule has 1 saturated heterocycles. The molecule has 0 saturated carbocycles. The van der Waals surface area contributed by atoms with Crippen LogP contribution in [0.25, 0.3) is 11.0 Å². The van der Waals surface area contributed by atoms with Gasteiger partial charge in [0, 0.05) is 24.6 Å². The van der Waals surface area contributed by atoms with Crippen molar-refractivity contribution < 1.29 is 19.1 Å². The Morgan fingerprint density at radius 3 is 2.73 bits per heavy atom. The standard InChI is InChI=1S/C25H30N4O4/c1-16(2)27-18-14-19-21(28-24(30)20-10-7-13-33-20)22(25(31)32-3)29(23(19)26-15-18)12-11-17-8-5-4-6-9-17/h4-6,8-9,14-16,20,27H,7,10-13H2,1-3H3,(H,28,30)/t20-/m0/s1. The van der Waals surface area contributed by atoms with Gasteiger partial charge in [-0.1, -0.05) is 30.3 Å². The molecule has 3 heterocycles. The molecule has 1 fully saturated rings. The van der Waals surface area contributed by atoms with Crippen LogP contribution in [0.15, 0.2) is 42.6 Å². The molecule has 0 radical (unpaired) electrons. The molecule has 1 aliphatic rings. The first-order chi connectivity index (χ1) is 16.0. The second kappa shape index (κ2) is 10.0. The van der Waals surface area contributed by atoms with Crippen LogP contribution in [-0.2, 0) is 27.2 Å². The number of hydrogen-bond acceptors (Lipinski definition) is 6. The summed E-state index contributed by atoms with van der Waals surface area (Å²) in [5.41, 5.74) is 3.25. The van der Waals surface area contributed by atoms with Crippen molar-refractivity contribution in [2.24, 2.45) is 0 Å². The second-order valence-corrected chi connectivity index (χ2v) is 8.49. The number of fused-ring (bicyclic) bond motifs is 1. The number of nitrogens with zero attached hydrogens (tertiary/aromatic N) is 2. The fraction of sp³-hybridized carbons (Fsp3) is 0.400. The summed E-state index contributed by atoms with van der Waals surface area (Å²) in [6.45, 7) is 5.14. The van der Waals surface area contributed by atoms with Gasteiger partial charge in [0.2, 0.25) is 0 Å². The molecule has 8 heteroatoms. The van der Waals surface area contributed by atoms with Crippen LogP contribution >= 0.6 is 0 Å². The minimum atomic E-state index is -0.526. The Kier molecular flexibility index (Phi) is 6.93. The van der Waals surface area contributed by atoms with Crippen LogP contribution in [0.2, 0.25) is 0 Å². The molecule has 4 rings (SSSR count). The van der Waals surface area contributed by atoms with Crippen LogP contribution in [0.1, 0.15) is 42.7 Å². The Morgan fingerprint density at radius 1 is 1.27 bits per heavy atom. The molecule has 2 aromatic heterocycles. The van der Waals surface area contributed by atoms with E-state index in [1.165, 1.54) is 7.11 Å². The lowest BCUT2D eigenvalue weighted by molar-refractivity contribution is -0.124. The van der Waals surface area contributed by atoms with Gasteiger partial charge in [-0.25, -0.2) is 9.78 Å². The van der Waals surface area contributed by atoms with E-state index >= 15 is 0 Å². The van der Waals surface area contributed by atoms with Gasteiger partial charge >= 0.3 is 5.97 Å². The molecule has 2 N–H and O–H groups in total. The van der Waals surface area contributed by atoms with E-state index in [2.05, 4.69) is 15.6 Å². The van der Waals surface area contributed by atoms with Crippen molar-refractivity contribution in [3.8, 4) is 0 Å². The van der Waals surface area contributed by atoms with Crippen molar-refractivity contribution in [3.05, 3.63) is 53.9 Å². The molecule has 0 unspecified atom stereocenters. The van der Waals surface area contributed by atoms with Gasteiger partial charge in [-0.15, -0.1) is 0 Å². The van der Waals surface area contributed by atoms with Gasteiger partial charge in [0.05, 0.1) is 24.7 Å². The first-order valence-corrected chi connectivity index (χ1v) is 11.3. The van der Waals surface area contributed by atoms with Crippen molar-refractivity contribution in [1.29, 1.82) is 0 Å². The zero-order valence-corrected chi connectivity index (χ0v) is 19.3. The number of nitrogens with one attached hydrogen (secondary N) is 2. The zero-order chi connectivity index (χ0) is 23.4. The molecule has 33 heavy (non-hydrogen) atoms. The minimum absolute atomic E-state index is 0.203. The van der Waals surface area contributed by atoms with Crippen molar-refractivity contribution in [2.45, 2.75) is 51.8 Å². The van der Waals surface area contributed by atoms with Gasteiger partial charge in [0.15, 0.2) is 5.69 Å². The summed E-state index contributed by atoms with van der Waals surface area (Å²) in [5, 5.41) is 6.97. The van der Waals surface area contributed by atoms with E-state index in [-0.39, 0.29) is 17.6 Å². The average Bonchev–Trinajstić information content (AvgIpc) is 3.45. The largest absolute Gasteiger partial charge is 0.464 e. The number of benzene rings is 1. The molecular formula is C25H30N4O4. The number of ether oxygens (including phenoxy) is 2. The molecule has 8 nitrogen and oxygen atoms in total. The average molecular weight is 451 g/mol. The van der Waals surface area contributed by atoms with Crippen molar-refractivity contribution in [2.75, 3.05) is 24.4 Å². The van der Waals surface area contributed by atoms with E-state index in [1.807, 2.05) is 54.8 Å². The van der Waals surface area contributed by atoms with Gasteiger partial charge in [0.25, 0.3) is 5.91 Å². The minimum Gasteiger partial charge on any atom is -0.464 e. The number of carbonyl (C=O) groups excluding carboxylic acids is 2. The molecule has 0 aliphatic carbocycles. The number of hydrogen-bond donors (Lipinski definition) is 2. The van der Waals surface area contributed by atoms with Crippen LogP contribution in [-0.4, -0.2) is 47.3 Å². The summed E-state index contributed by atoms with van der Waals surface area (Å²) in [5.74, 6) is -0.788. The smallest absolute Gasteiger partial charge is 0.356 e. The van der Waals surface area contributed by atoms with E-state index < -0.39 is 12.1 Å². The van der Waals surface area contributed by atoms with Crippen molar-refractivity contribution in [3.63, 3.8) is 0 Å². The predicted octanol–water partition coefficient (Wildman–Crippen LogP) is 4.00. The maximum atomic E-state index is 12.9. The zero-order valence-electron chi connectivity index (χ0n) is 19.3. The Hall–Kier alpha value is -3.39. The topological polar surface area (TPSA) is 94.5 Å². The number of anilines is 2. The number of carbonyl (C=O) groups is 2. The number of methoxy groups -OCH3 is 1. The van der Waals surface area contributed by atoms with Gasteiger partial charge < -0.3 is 24.7 Å². The lowest BCUT2D eigenvalue weighted by Gasteiger charge is -2.13. The highest BCUT2D eigenvalue weighted by molar-refractivity contribution is 6.12. The molecule has 3 aromatic rings. The Balaban J connectivity index is 1.80.